The van der Waals surface area contributed by atoms with E-state index in [4.69, 9.17) is 9.15 Å². The maximum atomic E-state index is 11.9. The molecule has 0 bridgehead atoms. The highest BCUT2D eigenvalue weighted by atomic mass is 16.5. The van der Waals surface area contributed by atoms with Gasteiger partial charge in [0.1, 0.15) is 5.76 Å². The number of hydrogen-bond acceptors (Lipinski definition) is 5. The molecule has 0 amide bonds. The standard InChI is InChI=1S/C16H22N2O3/c19-15-11-13(16-2-1-7-21-16)10-14(12-15)17-3-4-18-5-8-20-9-6-18/h1-2,7,12-13,17H,3-6,8-11H2/t13-/m1/s1. The highest BCUT2D eigenvalue weighted by Crippen LogP contribution is 2.30. The van der Waals surface area contributed by atoms with Crippen LogP contribution in [0, 0.1) is 0 Å². The first-order valence-electron chi connectivity index (χ1n) is 7.62. The second-order valence-corrected chi connectivity index (χ2v) is 5.64. The van der Waals surface area contributed by atoms with Gasteiger partial charge in [-0.3, -0.25) is 9.69 Å². The van der Waals surface area contributed by atoms with Crippen molar-refractivity contribution in [3.05, 3.63) is 35.9 Å². The Hall–Kier alpha value is -1.59. The summed E-state index contributed by atoms with van der Waals surface area (Å²) in [6, 6.07) is 3.83. The Balaban J connectivity index is 1.49. The van der Waals surface area contributed by atoms with Gasteiger partial charge in [0, 0.05) is 50.3 Å². The minimum absolute atomic E-state index is 0.170. The molecule has 2 aliphatic rings. The summed E-state index contributed by atoms with van der Waals surface area (Å²) in [5.41, 5.74) is 1.03. The van der Waals surface area contributed by atoms with E-state index in [-0.39, 0.29) is 11.7 Å². The summed E-state index contributed by atoms with van der Waals surface area (Å²) in [6.45, 7) is 5.48. The first kappa shape index (κ1) is 14.4. The first-order valence-corrected chi connectivity index (χ1v) is 7.62. The molecule has 2 heterocycles. The fraction of sp³-hybridized carbons (Fsp3) is 0.562. The predicted molar refractivity (Wildman–Crippen MR) is 79.0 cm³/mol. The molecule has 1 atom stereocenters. The number of morpholine rings is 1. The fourth-order valence-electron chi connectivity index (χ4n) is 2.94. The van der Waals surface area contributed by atoms with Crippen LogP contribution < -0.4 is 5.32 Å². The largest absolute Gasteiger partial charge is 0.469 e. The van der Waals surface area contributed by atoms with Crippen molar-refractivity contribution in [3.8, 4) is 0 Å². The topological polar surface area (TPSA) is 54.7 Å². The monoisotopic (exact) mass is 290 g/mol. The molecular formula is C16H22N2O3. The van der Waals surface area contributed by atoms with Crippen LogP contribution in [-0.4, -0.2) is 50.1 Å². The average Bonchev–Trinajstić information content (AvgIpc) is 3.02. The van der Waals surface area contributed by atoms with Crippen molar-refractivity contribution in [3.63, 3.8) is 0 Å². The van der Waals surface area contributed by atoms with Crippen LogP contribution in [0.3, 0.4) is 0 Å². The Morgan fingerprint density at radius 3 is 2.90 bits per heavy atom. The van der Waals surface area contributed by atoms with Gasteiger partial charge < -0.3 is 14.5 Å². The number of ether oxygens (including phenoxy) is 1. The summed E-state index contributed by atoms with van der Waals surface area (Å²) in [7, 11) is 0. The van der Waals surface area contributed by atoms with Gasteiger partial charge in [0.15, 0.2) is 5.78 Å². The average molecular weight is 290 g/mol. The number of allylic oxidation sites excluding steroid dienone is 2. The maximum absolute atomic E-state index is 11.9. The van der Waals surface area contributed by atoms with Gasteiger partial charge in [-0.05, 0) is 18.6 Å². The van der Waals surface area contributed by atoms with E-state index in [0.29, 0.717) is 6.42 Å². The van der Waals surface area contributed by atoms with Crippen molar-refractivity contribution in [1.82, 2.24) is 10.2 Å². The zero-order valence-electron chi connectivity index (χ0n) is 12.2. The zero-order chi connectivity index (χ0) is 14.5. The van der Waals surface area contributed by atoms with Crippen LogP contribution in [0.1, 0.15) is 24.5 Å². The van der Waals surface area contributed by atoms with E-state index in [1.165, 1.54) is 0 Å². The third-order valence-electron chi connectivity index (χ3n) is 4.08. The van der Waals surface area contributed by atoms with E-state index >= 15 is 0 Å². The molecule has 0 spiro atoms. The van der Waals surface area contributed by atoms with Gasteiger partial charge in [-0.1, -0.05) is 0 Å². The molecule has 1 saturated heterocycles. The summed E-state index contributed by atoms with van der Waals surface area (Å²) in [6.07, 6.45) is 4.81. The highest BCUT2D eigenvalue weighted by molar-refractivity contribution is 5.91. The first-order chi connectivity index (χ1) is 10.3. The van der Waals surface area contributed by atoms with Gasteiger partial charge in [-0.25, -0.2) is 0 Å². The normalized spacial score (nSPS) is 23.9. The van der Waals surface area contributed by atoms with Gasteiger partial charge in [-0.2, -0.15) is 0 Å². The lowest BCUT2D eigenvalue weighted by Crippen LogP contribution is -2.40. The summed E-state index contributed by atoms with van der Waals surface area (Å²) in [5, 5.41) is 3.41. The number of nitrogens with zero attached hydrogens (tertiary/aromatic N) is 1. The number of nitrogens with one attached hydrogen (secondary N) is 1. The lowest BCUT2D eigenvalue weighted by atomic mass is 9.89. The molecule has 1 aliphatic heterocycles. The van der Waals surface area contributed by atoms with Crippen LogP contribution >= 0.6 is 0 Å². The molecule has 0 unspecified atom stereocenters. The van der Waals surface area contributed by atoms with Crippen molar-refractivity contribution >= 4 is 5.78 Å². The van der Waals surface area contributed by atoms with Gasteiger partial charge >= 0.3 is 0 Å². The highest BCUT2D eigenvalue weighted by Gasteiger charge is 2.24. The lowest BCUT2D eigenvalue weighted by molar-refractivity contribution is -0.115. The molecule has 1 aliphatic carbocycles. The minimum atomic E-state index is 0.170. The zero-order valence-corrected chi connectivity index (χ0v) is 12.2. The number of carbonyl (C=O) groups is 1. The quantitative estimate of drug-likeness (QED) is 0.891. The van der Waals surface area contributed by atoms with E-state index in [1.54, 1.807) is 12.3 Å². The number of carbonyl (C=O) groups excluding carboxylic acids is 1. The smallest absolute Gasteiger partial charge is 0.158 e. The van der Waals surface area contributed by atoms with Crippen molar-refractivity contribution < 1.29 is 13.9 Å². The second-order valence-electron chi connectivity index (χ2n) is 5.64. The van der Waals surface area contributed by atoms with E-state index in [0.717, 1.165) is 57.3 Å². The van der Waals surface area contributed by atoms with Crippen LogP contribution in [0.15, 0.2) is 34.6 Å². The Morgan fingerprint density at radius 1 is 1.29 bits per heavy atom. The van der Waals surface area contributed by atoms with Crippen LogP contribution in [-0.2, 0) is 9.53 Å². The third kappa shape index (κ3) is 3.95. The number of hydrogen-bond donors (Lipinski definition) is 1. The summed E-state index contributed by atoms with van der Waals surface area (Å²) >= 11 is 0. The number of rotatable bonds is 5. The molecule has 1 fully saturated rings. The second kappa shape index (κ2) is 6.91. The lowest BCUT2D eigenvalue weighted by Gasteiger charge is -2.27. The van der Waals surface area contributed by atoms with E-state index in [1.807, 2.05) is 12.1 Å². The fourth-order valence-corrected chi connectivity index (χ4v) is 2.94. The van der Waals surface area contributed by atoms with Crippen LogP contribution in [0.4, 0.5) is 0 Å². The predicted octanol–water partition coefficient (Wildman–Crippen LogP) is 1.53. The van der Waals surface area contributed by atoms with E-state index < -0.39 is 0 Å². The Labute approximate surface area is 124 Å². The van der Waals surface area contributed by atoms with Gasteiger partial charge in [0.25, 0.3) is 0 Å². The molecule has 5 nitrogen and oxygen atoms in total. The summed E-state index contributed by atoms with van der Waals surface area (Å²) in [5.74, 6) is 1.25. The van der Waals surface area contributed by atoms with Crippen LogP contribution in [0.2, 0.25) is 0 Å². The molecule has 114 valence electrons. The van der Waals surface area contributed by atoms with Gasteiger partial charge in [0.2, 0.25) is 0 Å². The molecule has 0 saturated carbocycles. The molecule has 1 aromatic heterocycles. The van der Waals surface area contributed by atoms with Crippen molar-refractivity contribution in [2.45, 2.75) is 18.8 Å². The van der Waals surface area contributed by atoms with E-state index in [9.17, 15) is 4.79 Å². The van der Waals surface area contributed by atoms with E-state index in [2.05, 4.69) is 10.2 Å². The maximum Gasteiger partial charge on any atom is 0.158 e. The van der Waals surface area contributed by atoms with Crippen LogP contribution in [0.5, 0.6) is 0 Å². The SMILES string of the molecule is O=C1C=C(NCCN2CCOCC2)C[C@@H](c2ccco2)C1. The summed E-state index contributed by atoms with van der Waals surface area (Å²) in [4.78, 5) is 14.2. The summed E-state index contributed by atoms with van der Waals surface area (Å²) < 4.78 is 10.8. The van der Waals surface area contributed by atoms with Crippen molar-refractivity contribution in [1.29, 1.82) is 0 Å². The number of ketones is 1. The Kier molecular flexibility index (Phi) is 4.72. The van der Waals surface area contributed by atoms with Gasteiger partial charge in [0.05, 0.1) is 19.5 Å². The third-order valence-corrected chi connectivity index (χ3v) is 4.08. The molecule has 0 aromatic carbocycles. The molecule has 5 heteroatoms. The molecule has 21 heavy (non-hydrogen) atoms. The van der Waals surface area contributed by atoms with Crippen LogP contribution in [0.25, 0.3) is 0 Å². The molecule has 1 N–H and O–H groups in total. The van der Waals surface area contributed by atoms with Crippen molar-refractivity contribution in [2.75, 3.05) is 39.4 Å². The molecule has 1 aromatic rings. The van der Waals surface area contributed by atoms with Gasteiger partial charge in [-0.15, -0.1) is 0 Å². The van der Waals surface area contributed by atoms with Crippen molar-refractivity contribution in [2.24, 2.45) is 0 Å². The minimum Gasteiger partial charge on any atom is -0.469 e. The Bertz CT molecular complexity index is 490. The molecule has 3 rings (SSSR count). The Morgan fingerprint density at radius 2 is 2.14 bits per heavy atom. The number of furan rings is 1. The molecular weight excluding hydrogens is 268 g/mol. The molecule has 0 radical (unpaired) electrons.